The highest BCUT2D eigenvalue weighted by atomic mass is 35.5. The van der Waals surface area contributed by atoms with Crippen LogP contribution in [-0.2, 0) is 4.79 Å². The quantitative estimate of drug-likeness (QED) is 0.704. The van der Waals surface area contributed by atoms with E-state index in [9.17, 15) is 4.79 Å². The normalized spacial score (nSPS) is 19.9. The van der Waals surface area contributed by atoms with Crippen LogP contribution in [0.1, 0.15) is 6.92 Å². The monoisotopic (exact) mass is 245 g/mol. The summed E-state index contributed by atoms with van der Waals surface area (Å²) in [6, 6.07) is 3.25. The van der Waals surface area contributed by atoms with Crippen molar-refractivity contribution in [1.29, 1.82) is 0 Å². The summed E-state index contributed by atoms with van der Waals surface area (Å²) in [5.41, 5.74) is 0.607. The molecular formula is C10H9Cl2NO2. The lowest BCUT2D eigenvalue weighted by Crippen LogP contribution is -2.42. The van der Waals surface area contributed by atoms with E-state index in [2.05, 4.69) is 0 Å². The van der Waals surface area contributed by atoms with E-state index in [0.29, 0.717) is 21.5 Å². The molecule has 0 N–H and O–H groups in total. The van der Waals surface area contributed by atoms with Gasteiger partial charge in [-0.25, -0.2) is 0 Å². The van der Waals surface area contributed by atoms with Crippen LogP contribution in [0.15, 0.2) is 12.1 Å². The first-order chi connectivity index (χ1) is 7.00. The predicted molar refractivity (Wildman–Crippen MR) is 60.0 cm³/mol. The van der Waals surface area contributed by atoms with E-state index in [0.717, 1.165) is 0 Å². The second-order valence-electron chi connectivity index (χ2n) is 3.39. The molecule has 0 radical (unpaired) electrons. The Kier molecular flexibility index (Phi) is 2.52. The minimum absolute atomic E-state index is 0.110. The maximum Gasteiger partial charge on any atom is 0.267 e. The van der Waals surface area contributed by atoms with E-state index in [1.54, 1.807) is 26.1 Å². The van der Waals surface area contributed by atoms with Crippen molar-refractivity contribution in [3.05, 3.63) is 22.2 Å². The topological polar surface area (TPSA) is 29.5 Å². The van der Waals surface area contributed by atoms with Gasteiger partial charge in [0.15, 0.2) is 11.9 Å². The maximum atomic E-state index is 11.6. The molecule has 0 spiro atoms. The highest BCUT2D eigenvalue weighted by Gasteiger charge is 2.30. The molecule has 3 nitrogen and oxygen atoms in total. The van der Waals surface area contributed by atoms with Crippen LogP contribution >= 0.6 is 23.2 Å². The Labute approximate surface area is 97.5 Å². The minimum atomic E-state index is -0.513. The molecule has 1 amide bonds. The van der Waals surface area contributed by atoms with E-state index in [1.165, 1.54) is 4.90 Å². The van der Waals surface area contributed by atoms with Crippen molar-refractivity contribution in [2.75, 3.05) is 11.9 Å². The molecule has 1 aromatic carbocycles. The van der Waals surface area contributed by atoms with Crippen molar-refractivity contribution >= 4 is 34.8 Å². The molecule has 1 aliphatic rings. The van der Waals surface area contributed by atoms with Crippen molar-refractivity contribution in [3.8, 4) is 5.75 Å². The average molecular weight is 246 g/mol. The molecule has 0 aliphatic carbocycles. The zero-order chi connectivity index (χ0) is 11.2. The molecule has 1 atom stereocenters. The molecule has 15 heavy (non-hydrogen) atoms. The van der Waals surface area contributed by atoms with E-state index >= 15 is 0 Å². The fourth-order valence-electron chi connectivity index (χ4n) is 1.53. The SMILES string of the molecule is CC1Oc2c(Cl)cc(Cl)cc2N(C)C1=O. The summed E-state index contributed by atoms with van der Waals surface area (Å²) in [5.74, 6) is 0.400. The standard InChI is InChI=1S/C10H9Cl2NO2/c1-5-10(14)13(2)8-4-6(11)3-7(12)9(8)15-5/h3-5H,1-2H3. The largest absolute Gasteiger partial charge is 0.477 e. The number of likely N-dealkylation sites (N-methyl/N-ethyl adjacent to an activating group) is 1. The molecular weight excluding hydrogens is 237 g/mol. The number of ether oxygens (including phenoxy) is 1. The van der Waals surface area contributed by atoms with Gasteiger partial charge in [0.2, 0.25) is 0 Å². The molecule has 1 heterocycles. The van der Waals surface area contributed by atoms with Crippen LogP contribution in [0.25, 0.3) is 0 Å². The van der Waals surface area contributed by atoms with Crippen LogP contribution in [0.2, 0.25) is 10.0 Å². The van der Waals surface area contributed by atoms with E-state index in [1.807, 2.05) is 0 Å². The maximum absolute atomic E-state index is 11.6. The lowest BCUT2D eigenvalue weighted by atomic mass is 10.2. The first-order valence-corrected chi connectivity index (χ1v) is 5.19. The van der Waals surface area contributed by atoms with Crippen LogP contribution in [0.5, 0.6) is 5.75 Å². The first kappa shape index (κ1) is 10.6. The molecule has 0 saturated heterocycles. The third-order valence-corrected chi connectivity index (χ3v) is 2.82. The third kappa shape index (κ3) is 1.66. The highest BCUT2D eigenvalue weighted by molar-refractivity contribution is 6.36. The Morgan fingerprint density at radius 1 is 1.40 bits per heavy atom. The van der Waals surface area contributed by atoms with Gasteiger partial charge in [-0.1, -0.05) is 23.2 Å². The molecule has 1 aromatic rings. The summed E-state index contributed by atoms with van der Waals surface area (Å²) in [6.45, 7) is 1.69. The number of benzene rings is 1. The van der Waals surface area contributed by atoms with Gasteiger partial charge in [0, 0.05) is 12.1 Å². The summed E-state index contributed by atoms with van der Waals surface area (Å²) >= 11 is 11.8. The molecule has 1 aliphatic heterocycles. The summed E-state index contributed by atoms with van der Waals surface area (Å²) in [6.07, 6.45) is -0.513. The number of fused-ring (bicyclic) bond motifs is 1. The Bertz CT molecular complexity index is 434. The number of amides is 1. The summed E-state index contributed by atoms with van der Waals surface area (Å²) in [7, 11) is 1.67. The number of rotatable bonds is 0. The molecule has 0 aromatic heterocycles. The second-order valence-corrected chi connectivity index (χ2v) is 4.24. The van der Waals surface area contributed by atoms with Crippen LogP contribution in [0, 0.1) is 0 Å². The van der Waals surface area contributed by atoms with E-state index in [-0.39, 0.29) is 5.91 Å². The smallest absolute Gasteiger partial charge is 0.267 e. The van der Waals surface area contributed by atoms with Crippen molar-refractivity contribution in [2.45, 2.75) is 13.0 Å². The third-order valence-electron chi connectivity index (χ3n) is 2.32. The van der Waals surface area contributed by atoms with Gasteiger partial charge in [0.05, 0.1) is 10.7 Å². The Hall–Kier alpha value is -0.930. The number of carbonyl (C=O) groups is 1. The number of anilines is 1. The number of hydrogen-bond acceptors (Lipinski definition) is 2. The number of halogens is 2. The van der Waals surface area contributed by atoms with Gasteiger partial charge >= 0.3 is 0 Å². The zero-order valence-electron chi connectivity index (χ0n) is 8.25. The zero-order valence-corrected chi connectivity index (χ0v) is 9.76. The van der Waals surface area contributed by atoms with Crippen molar-refractivity contribution in [1.82, 2.24) is 0 Å². The molecule has 0 bridgehead atoms. The Morgan fingerprint density at radius 2 is 2.07 bits per heavy atom. The van der Waals surface area contributed by atoms with Crippen LogP contribution in [-0.4, -0.2) is 19.1 Å². The van der Waals surface area contributed by atoms with Gasteiger partial charge in [0.1, 0.15) is 0 Å². The highest BCUT2D eigenvalue weighted by Crippen LogP contribution is 2.41. The molecule has 0 saturated carbocycles. The second kappa shape index (κ2) is 3.58. The molecule has 1 unspecified atom stereocenters. The summed E-state index contributed by atoms with van der Waals surface area (Å²) in [4.78, 5) is 13.1. The molecule has 2 rings (SSSR count). The van der Waals surface area contributed by atoms with Gasteiger partial charge < -0.3 is 9.64 Å². The summed E-state index contributed by atoms with van der Waals surface area (Å²) < 4.78 is 5.42. The van der Waals surface area contributed by atoms with Crippen LogP contribution < -0.4 is 9.64 Å². The Morgan fingerprint density at radius 3 is 2.73 bits per heavy atom. The van der Waals surface area contributed by atoms with E-state index in [4.69, 9.17) is 27.9 Å². The van der Waals surface area contributed by atoms with Gasteiger partial charge in [-0.3, -0.25) is 4.79 Å². The van der Waals surface area contributed by atoms with Crippen molar-refractivity contribution in [3.63, 3.8) is 0 Å². The summed E-state index contributed by atoms with van der Waals surface area (Å²) in [5, 5.41) is 0.903. The predicted octanol–water partition coefficient (Wildman–Crippen LogP) is 2.74. The van der Waals surface area contributed by atoms with Crippen molar-refractivity contribution in [2.24, 2.45) is 0 Å². The van der Waals surface area contributed by atoms with Gasteiger partial charge in [-0.2, -0.15) is 0 Å². The Balaban J connectivity index is 2.60. The number of hydrogen-bond donors (Lipinski definition) is 0. The minimum Gasteiger partial charge on any atom is -0.477 e. The lowest BCUT2D eigenvalue weighted by Gasteiger charge is -2.30. The lowest BCUT2D eigenvalue weighted by molar-refractivity contribution is -0.125. The number of carbonyl (C=O) groups excluding carboxylic acids is 1. The van der Waals surface area contributed by atoms with Gasteiger partial charge in [-0.05, 0) is 19.1 Å². The van der Waals surface area contributed by atoms with Gasteiger partial charge in [-0.15, -0.1) is 0 Å². The fraction of sp³-hybridized carbons (Fsp3) is 0.300. The van der Waals surface area contributed by atoms with Crippen molar-refractivity contribution < 1.29 is 9.53 Å². The number of nitrogens with zero attached hydrogens (tertiary/aromatic N) is 1. The van der Waals surface area contributed by atoms with Crippen LogP contribution in [0.4, 0.5) is 5.69 Å². The fourth-order valence-corrected chi connectivity index (χ4v) is 2.06. The molecule has 80 valence electrons. The molecule has 5 heteroatoms. The first-order valence-electron chi connectivity index (χ1n) is 4.44. The molecule has 0 fully saturated rings. The van der Waals surface area contributed by atoms with E-state index < -0.39 is 6.10 Å². The van der Waals surface area contributed by atoms with Crippen LogP contribution in [0.3, 0.4) is 0 Å². The average Bonchev–Trinajstić information content (AvgIpc) is 2.17. The van der Waals surface area contributed by atoms with Gasteiger partial charge in [0.25, 0.3) is 5.91 Å².